The fourth-order valence-electron chi connectivity index (χ4n) is 2.74. The number of hydrogen-bond donors (Lipinski definition) is 2. The van der Waals surface area contributed by atoms with E-state index in [1.54, 1.807) is 31.2 Å². The van der Waals surface area contributed by atoms with Crippen LogP contribution in [0.5, 0.6) is 5.75 Å². The van der Waals surface area contributed by atoms with Crippen LogP contribution in [-0.4, -0.2) is 29.0 Å². The van der Waals surface area contributed by atoms with Crippen LogP contribution < -0.4 is 4.90 Å². The summed E-state index contributed by atoms with van der Waals surface area (Å²) in [5, 5.41) is 20.5. The van der Waals surface area contributed by atoms with E-state index in [0.29, 0.717) is 11.3 Å². The molecule has 2 N–H and O–H groups in total. The van der Waals surface area contributed by atoms with Crippen LogP contribution in [0.15, 0.2) is 42.5 Å². The summed E-state index contributed by atoms with van der Waals surface area (Å²) < 4.78 is 0. The Balaban J connectivity index is 2.23. The highest BCUT2D eigenvalue weighted by Gasteiger charge is 2.52. The quantitative estimate of drug-likeness (QED) is 0.786. The zero-order valence-electron chi connectivity index (χ0n) is 12.2. The molecule has 0 saturated carbocycles. The molecule has 1 amide bonds. The predicted octanol–water partition coefficient (Wildman–Crippen LogP) is 1.75. The minimum absolute atomic E-state index is 0.0387. The first kappa shape index (κ1) is 14.3. The maximum Gasteiger partial charge on any atom is 0.271 e. The van der Waals surface area contributed by atoms with Crippen LogP contribution >= 0.6 is 0 Å². The topological polar surface area (TPSA) is 77.8 Å². The van der Waals surface area contributed by atoms with E-state index in [1.807, 2.05) is 0 Å². The molecule has 22 heavy (non-hydrogen) atoms. The Bertz CT molecular complexity index is 799. The van der Waals surface area contributed by atoms with Crippen molar-refractivity contribution in [3.8, 4) is 5.75 Å². The summed E-state index contributed by atoms with van der Waals surface area (Å²) in [6, 6.07) is 10.9. The van der Waals surface area contributed by atoms with E-state index in [-0.39, 0.29) is 16.9 Å². The Morgan fingerprint density at radius 2 is 1.77 bits per heavy atom. The third-order valence-electron chi connectivity index (χ3n) is 4.07. The zero-order valence-corrected chi connectivity index (χ0v) is 12.2. The lowest BCUT2D eigenvalue weighted by Crippen LogP contribution is -2.54. The number of carbonyl (C=O) groups excluding carboxylic acids is 2. The van der Waals surface area contributed by atoms with Gasteiger partial charge in [-0.3, -0.25) is 9.59 Å². The van der Waals surface area contributed by atoms with Gasteiger partial charge in [0.25, 0.3) is 5.91 Å². The Hall–Kier alpha value is -2.66. The van der Waals surface area contributed by atoms with E-state index >= 15 is 0 Å². The third kappa shape index (κ3) is 1.76. The van der Waals surface area contributed by atoms with E-state index in [0.717, 1.165) is 0 Å². The Morgan fingerprint density at radius 1 is 1.09 bits per heavy atom. The molecule has 3 rings (SSSR count). The van der Waals surface area contributed by atoms with Gasteiger partial charge < -0.3 is 15.1 Å². The van der Waals surface area contributed by atoms with Crippen molar-refractivity contribution in [1.82, 2.24) is 0 Å². The van der Waals surface area contributed by atoms with Crippen LogP contribution in [0, 0.1) is 6.92 Å². The Labute approximate surface area is 127 Å². The fourth-order valence-corrected chi connectivity index (χ4v) is 2.74. The van der Waals surface area contributed by atoms with Crippen molar-refractivity contribution >= 4 is 17.4 Å². The number of fused-ring (bicyclic) bond motifs is 1. The van der Waals surface area contributed by atoms with Crippen LogP contribution in [0.25, 0.3) is 0 Å². The van der Waals surface area contributed by atoms with Gasteiger partial charge in [0.1, 0.15) is 5.75 Å². The van der Waals surface area contributed by atoms with Gasteiger partial charge >= 0.3 is 0 Å². The summed E-state index contributed by atoms with van der Waals surface area (Å²) in [7, 11) is 1.52. The highest BCUT2D eigenvalue weighted by molar-refractivity contribution is 6.27. The number of phenols is 1. The number of rotatable bonds is 1. The first-order valence-electron chi connectivity index (χ1n) is 6.82. The minimum Gasteiger partial charge on any atom is -0.508 e. The molecule has 0 radical (unpaired) electrons. The van der Waals surface area contributed by atoms with Crippen molar-refractivity contribution in [2.45, 2.75) is 12.5 Å². The summed E-state index contributed by atoms with van der Waals surface area (Å²) in [6.07, 6.45) is 0. The van der Waals surface area contributed by atoms with E-state index in [9.17, 15) is 19.8 Å². The number of para-hydroxylation sites is 1. The van der Waals surface area contributed by atoms with E-state index in [4.69, 9.17) is 0 Å². The van der Waals surface area contributed by atoms with Gasteiger partial charge in [-0.1, -0.05) is 18.2 Å². The highest BCUT2D eigenvalue weighted by Crippen LogP contribution is 2.38. The maximum atomic E-state index is 12.7. The van der Waals surface area contributed by atoms with Gasteiger partial charge in [-0.25, -0.2) is 0 Å². The van der Waals surface area contributed by atoms with E-state index in [2.05, 4.69) is 0 Å². The van der Waals surface area contributed by atoms with E-state index < -0.39 is 17.3 Å². The monoisotopic (exact) mass is 297 g/mol. The summed E-state index contributed by atoms with van der Waals surface area (Å²) in [5.74, 6) is -1.32. The van der Waals surface area contributed by atoms with Gasteiger partial charge in [0, 0.05) is 18.2 Å². The number of aryl methyl sites for hydroxylation is 1. The molecule has 0 saturated heterocycles. The van der Waals surface area contributed by atoms with Crippen LogP contribution in [0.4, 0.5) is 5.69 Å². The maximum absolute atomic E-state index is 12.7. The van der Waals surface area contributed by atoms with Crippen molar-refractivity contribution < 1.29 is 19.8 Å². The van der Waals surface area contributed by atoms with Crippen molar-refractivity contribution in [3.63, 3.8) is 0 Å². The minimum atomic E-state index is -2.28. The summed E-state index contributed by atoms with van der Waals surface area (Å²) in [5.41, 5.74) is -0.885. The Kier molecular flexibility index (Phi) is 3.04. The number of phenolic OH excluding ortho intramolecular Hbond substituents is 1. The molecule has 112 valence electrons. The molecule has 2 aromatic carbocycles. The summed E-state index contributed by atoms with van der Waals surface area (Å²) >= 11 is 0. The molecule has 1 aliphatic rings. The van der Waals surface area contributed by atoms with Crippen molar-refractivity contribution in [3.05, 3.63) is 59.2 Å². The smallest absolute Gasteiger partial charge is 0.271 e. The highest BCUT2D eigenvalue weighted by atomic mass is 16.3. The number of aromatic hydroxyl groups is 1. The number of benzene rings is 2. The first-order chi connectivity index (χ1) is 10.4. The van der Waals surface area contributed by atoms with Gasteiger partial charge in [0.2, 0.25) is 11.4 Å². The molecule has 1 aliphatic heterocycles. The van der Waals surface area contributed by atoms with Crippen LogP contribution in [0.3, 0.4) is 0 Å². The molecular formula is C17H15NO4. The number of Topliss-reactive ketones (excluding diaryl/α,β-unsaturated/α-hetero) is 1. The molecule has 0 aromatic heterocycles. The molecule has 1 heterocycles. The normalized spacial score (nSPS) is 21.0. The standard InChI is InChI=1S/C17H15NO4/c1-10-9-11(7-8-14(10)19)17(22)15(20)12-5-3-4-6-13(12)18(2)16(17)21/h3-9,19,22H,1-2H3. The van der Waals surface area contributed by atoms with E-state index in [1.165, 1.54) is 30.1 Å². The second-order valence-electron chi connectivity index (χ2n) is 5.42. The molecule has 1 atom stereocenters. The average Bonchev–Trinajstić information content (AvgIpc) is 2.53. The average molecular weight is 297 g/mol. The van der Waals surface area contributed by atoms with Crippen molar-refractivity contribution in [2.24, 2.45) is 0 Å². The molecule has 0 bridgehead atoms. The lowest BCUT2D eigenvalue weighted by molar-refractivity contribution is -0.133. The van der Waals surface area contributed by atoms with Crippen LogP contribution in [-0.2, 0) is 10.4 Å². The SMILES string of the molecule is Cc1cc(C2(O)C(=O)c3ccccc3N(C)C2=O)ccc1O. The number of ketones is 1. The number of carbonyl (C=O) groups is 2. The second-order valence-corrected chi connectivity index (χ2v) is 5.42. The van der Waals surface area contributed by atoms with Crippen LogP contribution in [0.1, 0.15) is 21.5 Å². The molecule has 1 unspecified atom stereocenters. The van der Waals surface area contributed by atoms with Gasteiger partial charge in [0.15, 0.2) is 0 Å². The summed E-state index contributed by atoms with van der Waals surface area (Å²) in [6.45, 7) is 1.64. The largest absolute Gasteiger partial charge is 0.508 e. The molecule has 5 nitrogen and oxygen atoms in total. The Morgan fingerprint density at radius 3 is 2.45 bits per heavy atom. The lowest BCUT2D eigenvalue weighted by Gasteiger charge is -2.36. The number of anilines is 1. The number of nitrogens with zero attached hydrogens (tertiary/aromatic N) is 1. The predicted molar refractivity (Wildman–Crippen MR) is 80.9 cm³/mol. The number of hydrogen-bond acceptors (Lipinski definition) is 4. The second kappa shape index (κ2) is 4.68. The summed E-state index contributed by atoms with van der Waals surface area (Å²) in [4.78, 5) is 26.6. The fraction of sp³-hybridized carbons (Fsp3) is 0.176. The number of aliphatic hydroxyl groups is 1. The molecule has 0 aliphatic carbocycles. The lowest BCUT2D eigenvalue weighted by atomic mass is 9.80. The van der Waals surface area contributed by atoms with Gasteiger partial charge in [0.05, 0.1) is 5.69 Å². The third-order valence-corrected chi connectivity index (χ3v) is 4.07. The molecule has 5 heteroatoms. The molecular weight excluding hydrogens is 282 g/mol. The number of likely N-dealkylation sites (N-methyl/N-ethyl adjacent to an activating group) is 1. The van der Waals surface area contributed by atoms with Crippen LogP contribution in [0.2, 0.25) is 0 Å². The van der Waals surface area contributed by atoms with Gasteiger partial charge in [-0.05, 0) is 36.8 Å². The van der Waals surface area contributed by atoms with Gasteiger partial charge in [-0.15, -0.1) is 0 Å². The van der Waals surface area contributed by atoms with Gasteiger partial charge in [-0.2, -0.15) is 0 Å². The molecule has 0 spiro atoms. The number of amides is 1. The van der Waals surface area contributed by atoms with Crippen molar-refractivity contribution in [1.29, 1.82) is 0 Å². The molecule has 0 fully saturated rings. The zero-order chi connectivity index (χ0) is 16.1. The van der Waals surface area contributed by atoms with Crippen molar-refractivity contribution in [2.75, 3.05) is 11.9 Å². The molecule has 2 aromatic rings. The first-order valence-corrected chi connectivity index (χ1v) is 6.82.